The summed E-state index contributed by atoms with van der Waals surface area (Å²) in [4.78, 5) is 2.07. The van der Waals surface area contributed by atoms with Gasteiger partial charge < -0.3 is 15.4 Å². The maximum atomic E-state index is 11.8. The van der Waals surface area contributed by atoms with Crippen LogP contribution >= 0.6 is 0 Å². The van der Waals surface area contributed by atoms with Gasteiger partial charge in [0.1, 0.15) is 6.61 Å². The van der Waals surface area contributed by atoms with E-state index in [1.165, 1.54) is 0 Å². The second-order valence-corrected chi connectivity index (χ2v) is 4.64. The van der Waals surface area contributed by atoms with Crippen LogP contribution in [0.5, 0.6) is 0 Å². The normalized spacial score (nSPS) is 25.8. The Morgan fingerprint density at radius 1 is 1.35 bits per heavy atom. The molecule has 0 heterocycles. The van der Waals surface area contributed by atoms with Crippen LogP contribution in [0.15, 0.2) is 0 Å². The molecular weight excluding hydrogens is 233 g/mol. The molecule has 0 saturated heterocycles. The summed E-state index contributed by atoms with van der Waals surface area (Å²) in [7, 11) is 1.93. The molecule has 3 nitrogen and oxygen atoms in total. The number of ether oxygens (including phenoxy) is 1. The van der Waals surface area contributed by atoms with E-state index in [9.17, 15) is 13.2 Å². The van der Waals surface area contributed by atoms with Gasteiger partial charge in [0, 0.05) is 12.6 Å². The van der Waals surface area contributed by atoms with Crippen LogP contribution in [0.4, 0.5) is 13.2 Å². The average molecular weight is 254 g/mol. The molecule has 2 unspecified atom stereocenters. The van der Waals surface area contributed by atoms with E-state index in [-0.39, 0.29) is 6.61 Å². The van der Waals surface area contributed by atoms with Crippen LogP contribution in [0.1, 0.15) is 19.3 Å². The quantitative estimate of drug-likeness (QED) is 0.732. The number of halogens is 3. The highest BCUT2D eigenvalue weighted by Gasteiger charge is 2.30. The fourth-order valence-corrected chi connectivity index (χ4v) is 2.43. The first-order chi connectivity index (χ1) is 7.94. The summed E-state index contributed by atoms with van der Waals surface area (Å²) in [5, 5.41) is 0. The Labute approximate surface area is 100 Å². The Morgan fingerprint density at radius 3 is 2.65 bits per heavy atom. The highest BCUT2D eigenvalue weighted by molar-refractivity contribution is 4.84. The maximum Gasteiger partial charge on any atom is 0.411 e. The average Bonchev–Trinajstić information content (AvgIpc) is 2.70. The number of likely N-dealkylation sites (N-methyl/N-ethyl adjacent to an activating group) is 1. The fraction of sp³-hybridized carbons (Fsp3) is 1.00. The summed E-state index contributed by atoms with van der Waals surface area (Å²) in [6.07, 6.45) is -0.876. The van der Waals surface area contributed by atoms with Crippen LogP contribution < -0.4 is 5.73 Å². The summed E-state index contributed by atoms with van der Waals surface area (Å²) < 4.78 is 40.1. The second kappa shape index (κ2) is 6.56. The van der Waals surface area contributed by atoms with Gasteiger partial charge in [0.25, 0.3) is 0 Å². The van der Waals surface area contributed by atoms with E-state index in [0.29, 0.717) is 25.0 Å². The van der Waals surface area contributed by atoms with Crippen molar-refractivity contribution in [1.82, 2.24) is 4.90 Å². The van der Waals surface area contributed by atoms with Gasteiger partial charge in [-0.05, 0) is 32.4 Å². The monoisotopic (exact) mass is 254 g/mol. The first-order valence-electron chi connectivity index (χ1n) is 5.99. The van der Waals surface area contributed by atoms with Crippen molar-refractivity contribution in [2.75, 3.05) is 33.4 Å². The summed E-state index contributed by atoms with van der Waals surface area (Å²) in [6, 6.07) is 0.398. The van der Waals surface area contributed by atoms with Gasteiger partial charge in [-0.25, -0.2) is 0 Å². The number of hydrogen-bond donors (Lipinski definition) is 1. The van der Waals surface area contributed by atoms with Gasteiger partial charge >= 0.3 is 6.18 Å². The van der Waals surface area contributed by atoms with Crippen LogP contribution in [0.2, 0.25) is 0 Å². The highest BCUT2D eigenvalue weighted by Crippen LogP contribution is 2.28. The van der Waals surface area contributed by atoms with Crippen molar-refractivity contribution in [3.05, 3.63) is 0 Å². The van der Waals surface area contributed by atoms with Gasteiger partial charge in [-0.1, -0.05) is 6.42 Å². The molecule has 0 aromatic carbocycles. The molecule has 0 spiro atoms. The lowest BCUT2D eigenvalue weighted by Gasteiger charge is -2.28. The lowest BCUT2D eigenvalue weighted by molar-refractivity contribution is -0.174. The Kier molecular flexibility index (Phi) is 5.69. The van der Waals surface area contributed by atoms with Gasteiger partial charge in [-0.2, -0.15) is 13.2 Å². The SMILES string of the molecule is CN(CCOCC(F)(F)F)C1CCCC1CN. The Morgan fingerprint density at radius 2 is 2.06 bits per heavy atom. The van der Waals surface area contributed by atoms with E-state index in [0.717, 1.165) is 19.3 Å². The van der Waals surface area contributed by atoms with Gasteiger partial charge in [0.15, 0.2) is 0 Å². The van der Waals surface area contributed by atoms with Crippen LogP contribution in [0, 0.1) is 5.92 Å². The van der Waals surface area contributed by atoms with Crippen LogP contribution in [0.3, 0.4) is 0 Å². The van der Waals surface area contributed by atoms with E-state index in [2.05, 4.69) is 9.64 Å². The van der Waals surface area contributed by atoms with Crippen LogP contribution in [0.25, 0.3) is 0 Å². The number of nitrogens with zero attached hydrogens (tertiary/aromatic N) is 1. The van der Waals surface area contributed by atoms with Crippen molar-refractivity contribution in [3.63, 3.8) is 0 Å². The minimum atomic E-state index is -4.23. The van der Waals surface area contributed by atoms with E-state index in [4.69, 9.17) is 5.73 Å². The van der Waals surface area contributed by atoms with E-state index in [1.54, 1.807) is 0 Å². The minimum absolute atomic E-state index is 0.115. The third kappa shape index (κ3) is 5.23. The number of rotatable bonds is 6. The zero-order chi connectivity index (χ0) is 12.9. The first kappa shape index (κ1) is 14.7. The standard InChI is InChI=1S/C11H21F3N2O/c1-16(5-6-17-8-11(12,13)14)10-4-2-3-9(10)7-15/h9-10H,2-8,15H2,1H3. The smallest absolute Gasteiger partial charge is 0.371 e. The number of nitrogens with two attached hydrogens (primary N) is 1. The van der Waals surface area contributed by atoms with Gasteiger partial charge in [0.2, 0.25) is 0 Å². The zero-order valence-corrected chi connectivity index (χ0v) is 10.2. The molecule has 2 N–H and O–H groups in total. The molecule has 1 aliphatic carbocycles. The molecule has 0 amide bonds. The molecular formula is C11H21F3N2O. The molecule has 0 aliphatic heterocycles. The molecule has 102 valence electrons. The summed E-state index contributed by atoms with van der Waals surface area (Å²) in [5.74, 6) is 0.475. The third-order valence-electron chi connectivity index (χ3n) is 3.34. The van der Waals surface area contributed by atoms with Crippen LogP contribution in [-0.4, -0.2) is 50.5 Å². The Hall–Kier alpha value is -0.330. The van der Waals surface area contributed by atoms with Crippen molar-refractivity contribution >= 4 is 0 Å². The van der Waals surface area contributed by atoms with Gasteiger partial charge in [-0.3, -0.25) is 0 Å². The fourth-order valence-electron chi connectivity index (χ4n) is 2.43. The summed E-state index contributed by atoms with van der Waals surface area (Å²) >= 11 is 0. The van der Waals surface area contributed by atoms with Crippen molar-refractivity contribution in [1.29, 1.82) is 0 Å². The van der Waals surface area contributed by atoms with Crippen molar-refractivity contribution in [2.24, 2.45) is 11.7 Å². The van der Waals surface area contributed by atoms with Crippen molar-refractivity contribution in [3.8, 4) is 0 Å². The molecule has 1 fully saturated rings. The van der Waals surface area contributed by atoms with E-state index in [1.807, 2.05) is 7.05 Å². The summed E-state index contributed by atoms with van der Waals surface area (Å²) in [5.41, 5.74) is 5.67. The molecule has 1 saturated carbocycles. The predicted octanol–water partition coefficient (Wildman–Crippen LogP) is 1.62. The number of hydrogen-bond acceptors (Lipinski definition) is 3. The molecule has 0 bridgehead atoms. The Bertz CT molecular complexity index is 223. The molecule has 6 heteroatoms. The lowest BCUT2D eigenvalue weighted by Crippen LogP contribution is -2.39. The molecule has 17 heavy (non-hydrogen) atoms. The largest absolute Gasteiger partial charge is 0.411 e. The summed E-state index contributed by atoms with van der Waals surface area (Å²) in [6.45, 7) is 0.130. The van der Waals surface area contributed by atoms with Crippen molar-refractivity contribution < 1.29 is 17.9 Å². The molecule has 1 rings (SSSR count). The molecule has 1 aliphatic rings. The molecule has 2 atom stereocenters. The van der Waals surface area contributed by atoms with Gasteiger partial charge in [0.05, 0.1) is 6.61 Å². The lowest BCUT2D eigenvalue weighted by atomic mass is 10.0. The van der Waals surface area contributed by atoms with E-state index >= 15 is 0 Å². The first-order valence-corrected chi connectivity index (χ1v) is 5.99. The van der Waals surface area contributed by atoms with Crippen LogP contribution in [-0.2, 0) is 4.74 Å². The topological polar surface area (TPSA) is 38.5 Å². The van der Waals surface area contributed by atoms with E-state index < -0.39 is 12.8 Å². The minimum Gasteiger partial charge on any atom is -0.371 e. The zero-order valence-electron chi connectivity index (χ0n) is 10.2. The third-order valence-corrected chi connectivity index (χ3v) is 3.34. The predicted molar refractivity (Wildman–Crippen MR) is 59.7 cm³/mol. The second-order valence-electron chi connectivity index (χ2n) is 4.64. The Balaban J connectivity index is 2.18. The molecule has 0 aromatic rings. The number of alkyl halides is 3. The van der Waals surface area contributed by atoms with Gasteiger partial charge in [-0.15, -0.1) is 0 Å². The molecule has 0 radical (unpaired) electrons. The maximum absolute atomic E-state index is 11.8. The molecule has 0 aromatic heterocycles. The highest BCUT2D eigenvalue weighted by atomic mass is 19.4. The van der Waals surface area contributed by atoms with Crippen molar-refractivity contribution in [2.45, 2.75) is 31.5 Å².